The van der Waals surface area contributed by atoms with E-state index in [9.17, 15) is 4.89 Å². The number of ether oxygens (including phenoxy) is 1. The molecule has 0 radical (unpaired) electrons. The van der Waals surface area contributed by atoms with Gasteiger partial charge >= 0.3 is 196 Å². The number of aromatic nitrogens is 4. The number of aryl methyl sites for hydroxylation is 1. The molecule has 2 aliphatic heterocycles. The van der Waals surface area contributed by atoms with Crippen molar-refractivity contribution < 1.29 is 9.63 Å². The van der Waals surface area contributed by atoms with Gasteiger partial charge in [-0.25, -0.2) is 0 Å². The molecule has 4 aromatic rings. The number of hydrogen-bond acceptors (Lipinski definition) is 11. The second-order valence-electron chi connectivity index (χ2n) is 12.5. The maximum atomic E-state index is 11.2. The molecule has 0 bridgehead atoms. The van der Waals surface area contributed by atoms with E-state index in [4.69, 9.17) is 21.3 Å². The molecule has 11 nitrogen and oxygen atoms in total. The normalized spacial score (nSPS) is 17.4. The fourth-order valence-electron chi connectivity index (χ4n) is 6.47. The van der Waals surface area contributed by atoms with E-state index in [1.165, 1.54) is 18.5 Å². The minimum atomic E-state index is -2.83. The van der Waals surface area contributed by atoms with Crippen molar-refractivity contribution in [3.8, 4) is 5.75 Å². The van der Waals surface area contributed by atoms with Crippen LogP contribution in [0.15, 0.2) is 42.9 Å². The van der Waals surface area contributed by atoms with E-state index in [-0.39, 0.29) is 0 Å². The summed E-state index contributed by atoms with van der Waals surface area (Å²) < 4.78 is 5.84. The Morgan fingerprint density at radius 2 is 1.69 bits per heavy atom. The molecule has 0 saturated carbocycles. The molecule has 2 aliphatic rings. The Kier molecular flexibility index (Phi) is 9.27. The van der Waals surface area contributed by atoms with Gasteiger partial charge in [0.25, 0.3) is 0 Å². The van der Waals surface area contributed by atoms with Crippen molar-refractivity contribution in [2.24, 2.45) is 0 Å². The van der Waals surface area contributed by atoms with Crippen molar-refractivity contribution in [2.45, 2.75) is 25.8 Å². The molecule has 0 aliphatic carbocycles. The van der Waals surface area contributed by atoms with E-state index in [0.29, 0.717) is 45.3 Å². The summed E-state index contributed by atoms with van der Waals surface area (Å²) in [6, 6.07) is 8.60. The molecule has 0 atom stereocenters. The van der Waals surface area contributed by atoms with Crippen LogP contribution >= 0.6 is 19.1 Å². The van der Waals surface area contributed by atoms with Gasteiger partial charge in [-0.1, -0.05) is 0 Å². The summed E-state index contributed by atoms with van der Waals surface area (Å²) in [5.41, 5.74) is 5.17. The Bertz CT molecular complexity index is 1670. The number of hydrogen-bond donors (Lipinski definition) is 3. The molecule has 4 heterocycles. The average Bonchev–Trinajstić information content (AvgIpc) is 3.02. The van der Waals surface area contributed by atoms with E-state index in [2.05, 4.69) is 66.4 Å². The summed E-state index contributed by atoms with van der Waals surface area (Å²) in [6.07, 6.45) is 7.17. The van der Waals surface area contributed by atoms with Gasteiger partial charge in [0.15, 0.2) is 0 Å². The van der Waals surface area contributed by atoms with Gasteiger partial charge in [-0.15, -0.1) is 0 Å². The number of rotatable bonds is 8. The van der Waals surface area contributed by atoms with E-state index in [0.717, 1.165) is 55.8 Å². The number of piperazine rings is 1. The van der Waals surface area contributed by atoms with Crippen molar-refractivity contribution in [2.75, 3.05) is 82.3 Å². The van der Waals surface area contributed by atoms with Gasteiger partial charge in [0.2, 0.25) is 0 Å². The fourth-order valence-corrected chi connectivity index (χ4v) is 8.18. The number of likely N-dealkylation sites (N-methyl/N-ethyl adjacent to an activating group) is 1. The third-order valence-corrected chi connectivity index (χ3v) is 10.9. The summed E-state index contributed by atoms with van der Waals surface area (Å²) in [5, 5.41) is 7.75. The fraction of sp³-hybridized carbons (Fsp3) is 0.438. The number of anilines is 5. The second kappa shape index (κ2) is 13.2. The van der Waals surface area contributed by atoms with E-state index >= 15 is 0 Å². The number of halogens is 1. The van der Waals surface area contributed by atoms with Gasteiger partial charge in [-0.05, 0) is 19.9 Å². The van der Waals surface area contributed by atoms with Crippen molar-refractivity contribution in [3.05, 3.63) is 53.4 Å². The van der Waals surface area contributed by atoms with Gasteiger partial charge in [0.1, 0.15) is 0 Å². The van der Waals surface area contributed by atoms with Crippen LogP contribution in [-0.4, -0.2) is 107 Å². The van der Waals surface area contributed by atoms with Crippen molar-refractivity contribution in [1.29, 1.82) is 0 Å². The monoisotopic (exact) mass is 651 g/mol. The zero-order chi connectivity index (χ0) is 31.7. The SMILES string of the molecule is COc1cc(N2CCC(N3CCN(C)CC3)CC2)c(C)cc1Nc1ncc(Cl)c(Nc2ccc3nccnc3c2[PH](C)(C)O)n1. The van der Waals surface area contributed by atoms with Crippen LogP contribution in [0.2, 0.25) is 5.02 Å². The molecule has 0 amide bonds. The van der Waals surface area contributed by atoms with Crippen LogP contribution in [0.3, 0.4) is 0 Å². The van der Waals surface area contributed by atoms with Gasteiger partial charge in [-0.2, -0.15) is 0 Å². The molecule has 6 rings (SSSR count). The molecular weight excluding hydrogens is 609 g/mol. The van der Waals surface area contributed by atoms with Gasteiger partial charge in [0, 0.05) is 45.3 Å². The first-order chi connectivity index (χ1) is 21.6. The first-order valence-electron chi connectivity index (χ1n) is 15.5. The quantitative estimate of drug-likeness (QED) is 0.232. The third kappa shape index (κ3) is 6.93. The zero-order valence-corrected chi connectivity index (χ0v) is 28.4. The Morgan fingerprint density at radius 3 is 2.40 bits per heavy atom. The number of methoxy groups -OCH3 is 1. The summed E-state index contributed by atoms with van der Waals surface area (Å²) in [7, 11) is 1.06. The van der Waals surface area contributed by atoms with Crippen LogP contribution in [0.1, 0.15) is 18.4 Å². The first kappa shape index (κ1) is 31.6. The van der Waals surface area contributed by atoms with Gasteiger partial charge in [-0.3, -0.25) is 4.90 Å². The van der Waals surface area contributed by atoms with Crippen molar-refractivity contribution >= 4 is 64.3 Å². The van der Waals surface area contributed by atoms with Crippen LogP contribution < -0.4 is 25.6 Å². The maximum absolute atomic E-state index is 11.2. The summed E-state index contributed by atoms with van der Waals surface area (Å²) in [5.74, 6) is 1.49. The Balaban J connectivity index is 1.20. The van der Waals surface area contributed by atoms with E-state index < -0.39 is 7.49 Å². The van der Waals surface area contributed by atoms with Crippen molar-refractivity contribution in [1.82, 2.24) is 29.7 Å². The van der Waals surface area contributed by atoms with Crippen LogP contribution in [-0.2, 0) is 0 Å². The van der Waals surface area contributed by atoms with Gasteiger partial charge in [0.05, 0.1) is 0 Å². The number of nitrogens with zero attached hydrogens (tertiary/aromatic N) is 7. The van der Waals surface area contributed by atoms with Crippen LogP contribution in [0.5, 0.6) is 5.75 Å². The summed E-state index contributed by atoms with van der Waals surface area (Å²) in [4.78, 5) is 36.8. The zero-order valence-electron chi connectivity index (χ0n) is 26.6. The molecule has 0 unspecified atom stereocenters. The van der Waals surface area contributed by atoms with E-state index in [1.807, 2.05) is 25.5 Å². The molecule has 0 spiro atoms. The Hall–Kier alpha value is -3.34. The molecule has 13 heteroatoms. The van der Waals surface area contributed by atoms with Gasteiger partial charge < -0.3 is 4.90 Å². The van der Waals surface area contributed by atoms with Crippen LogP contribution in [0.4, 0.5) is 28.8 Å². The first-order valence-corrected chi connectivity index (χ1v) is 18.8. The Morgan fingerprint density at radius 1 is 0.956 bits per heavy atom. The molecule has 45 heavy (non-hydrogen) atoms. The predicted molar refractivity (Wildman–Crippen MR) is 187 cm³/mol. The van der Waals surface area contributed by atoms with Crippen LogP contribution in [0.25, 0.3) is 11.0 Å². The molecule has 2 aromatic carbocycles. The number of nitrogens with one attached hydrogen (secondary N) is 2. The summed E-state index contributed by atoms with van der Waals surface area (Å²) in [6.45, 7) is 12.5. The topological polar surface area (TPSA) is 115 Å². The molecule has 2 saturated heterocycles. The summed E-state index contributed by atoms with van der Waals surface area (Å²) >= 11 is 6.56. The van der Waals surface area contributed by atoms with E-state index in [1.54, 1.807) is 25.7 Å². The predicted octanol–water partition coefficient (Wildman–Crippen LogP) is 4.64. The molecule has 3 N–H and O–H groups in total. The Labute approximate surface area is 270 Å². The molecule has 2 fully saturated rings. The number of piperidine rings is 1. The number of fused-ring (bicyclic) bond motifs is 1. The average molecular weight is 652 g/mol. The number of benzene rings is 2. The third-order valence-electron chi connectivity index (χ3n) is 8.87. The second-order valence-corrected chi connectivity index (χ2v) is 16.5. The molecule has 240 valence electrons. The molecule has 2 aromatic heterocycles. The molecular formula is C32H43ClN9O2P. The van der Waals surface area contributed by atoms with Crippen LogP contribution in [0, 0.1) is 6.92 Å². The van der Waals surface area contributed by atoms with Crippen molar-refractivity contribution in [3.63, 3.8) is 0 Å². The standard InChI is InChI=1S/C32H43ClN9O2P/c1-21-18-26(28(44-3)19-27(21)42-12-8-22(9-13-42)41-16-14-40(2)15-17-41)38-32-36-20-23(33)31(39-32)37-25-7-6-24-29(35-11-10-34-24)30(25)45(4,5)43/h6-7,10-11,18-20,22,43,45H,8-9,12-17H2,1-5H3,(H2,36,37,38,39). The minimum absolute atomic E-state index is 0.349.